The summed E-state index contributed by atoms with van der Waals surface area (Å²) in [6.45, 7) is 0. The summed E-state index contributed by atoms with van der Waals surface area (Å²) in [6, 6.07) is 8.21. The summed E-state index contributed by atoms with van der Waals surface area (Å²) in [7, 11) is 8.77. The largest absolute Gasteiger partial charge is 0.493 e. The third-order valence-corrected chi connectivity index (χ3v) is 4.36. The lowest BCUT2D eigenvalue weighted by Gasteiger charge is -2.17. The minimum absolute atomic E-state index is 0.236. The molecular formula is C21H23NO7. The molecule has 154 valence electrons. The maximum atomic E-state index is 13.2. The van der Waals surface area contributed by atoms with Gasteiger partial charge in [-0.15, -0.1) is 0 Å². The summed E-state index contributed by atoms with van der Waals surface area (Å²) in [4.78, 5) is 13.2. The second-order valence-corrected chi connectivity index (χ2v) is 5.80. The molecule has 0 heterocycles. The summed E-state index contributed by atoms with van der Waals surface area (Å²) in [5, 5.41) is 9.75. The molecule has 0 aliphatic rings. The van der Waals surface area contributed by atoms with Gasteiger partial charge in [0, 0.05) is 5.56 Å². The molecule has 1 atom stereocenters. The molecule has 0 N–H and O–H groups in total. The number of hydrogen-bond acceptors (Lipinski definition) is 8. The highest BCUT2D eigenvalue weighted by molar-refractivity contribution is 6.03. The highest BCUT2D eigenvalue weighted by Crippen LogP contribution is 2.42. The Balaban J connectivity index is 2.59. The van der Waals surface area contributed by atoms with Gasteiger partial charge >= 0.3 is 0 Å². The molecule has 0 bridgehead atoms. The van der Waals surface area contributed by atoms with E-state index in [-0.39, 0.29) is 5.56 Å². The Morgan fingerprint density at radius 1 is 0.724 bits per heavy atom. The molecule has 8 heteroatoms. The van der Waals surface area contributed by atoms with Crippen LogP contribution in [0.25, 0.3) is 0 Å². The molecule has 2 aromatic carbocycles. The van der Waals surface area contributed by atoms with E-state index in [0.29, 0.717) is 40.1 Å². The van der Waals surface area contributed by atoms with Crippen LogP contribution in [-0.4, -0.2) is 48.4 Å². The van der Waals surface area contributed by atoms with Gasteiger partial charge in [0.1, 0.15) is 5.92 Å². The number of ketones is 1. The number of nitriles is 1. The van der Waals surface area contributed by atoms with Gasteiger partial charge in [-0.1, -0.05) is 0 Å². The van der Waals surface area contributed by atoms with Gasteiger partial charge in [-0.05, 0) is 29.8 Å². The average Bonchev–Trinajstić information content (AvgIpc) is 2.77. The topological polar surface area (TPSA) is 96.2 Å². The van der Waals surface area contributed by atoms with Gasteiger partial charge in [-0.3, -0.25) is 4.79 Å². The van der Waals surface area contributed by atoms with Crippen molar-refractivity contribution < 1.29 is 33.2 Å². The van der Waals surface area contributed by atoms with E-state index in [1.807, 2.05) is 6.07 Å². The zero-order valence-electron chi connectivity index (χ0n) is 17.2. The minimum atomic E-state index is -1.12. The van der Waals surface area contributed by atoms with Crippen molar-refractivity contribution in [1.82, 2.24) is 0 Å². The number of Topliss-reactive ketones (excluding diaryl/α,β-unsaturated/α-hetero) is 1. The zero-order valence-corrected chi connectivity index (χ0v) is 17.2. The quantitative estimate of drug-likeness (QED) is 0.591. The summed E-state index contributed by atoms with van der Waals surface area (Å²) >= 11 is 0. The minimum Gasteiger partial charge on any atom is -0.493 e. The number of nitrogens with zero attached hydrogens (tertiary/aromatic N) is 1. The maximum absolute atomic E-state index is 13.2. The first-order valence-electron chi connectivity index (χ1n) is 8.53. The van der Waals surface area contributed by atoms with E-state index in [1.165, 1.54) is 54.8 Å². The fourth-order valence-corrected chi connectivity index (χ4v) is 2.94. The van der Waals surface area contributed by atoms with Crippen LogP contribution >= 0.6 is 0 Å². The van der Waals surface area contributed by atoms with Crippen molar-refractivity contribution in [3.63, 3.8) is 0 Å². The standard InChI is InChI=1S/C21H23NO7/c1-24-15-7-12(8-16(25-2)20(15)28-5)14(11-22)19(23)13-9-17(26-3)21(29-6)18(10-13)27-4/h7-10,14H,1-6H3. The van der Waals surface area contributed by atoms with Crippen LogP contribution in [-0.2, 0) is 0 Å². The molecule has 29 heavy (non-hydrogen) atoms. The first-order chi connectivity index (χ1) is 14.0. The molecule has 0 radical (unpaired) electrons. The van der Waals surface area contributed by atoms with Crippen LogP contribution < -0.4 is 28.4 Å². The van der Waals surface area contributed by atoms with Gasteiger partial charge in [0.2, 0.25) is 11.5 Å². The lowest BCUT2D eigenvalue weighted by Crippen LogP contribution is -2.13. The van der Waals surface area contributed by atoms with Gasteiger partial charge in [0.25, 0.3) is 0 Å². The normalized spacial score (nSPS) is 11.1. The fraction of sp³-hybridized carbons (Fsp3) is 0.333. The van der Waals surface area contributed by atoms with Crippen LogP contribution in [0.15, 0.2) is 24.3 Å². The van der Waals surface area contributed by atoms with Crippen LogP contribution in [0, 0.1) is 11.3 Å². The number of ether oxygens (including phenoxy) is 6. The number of methoxy groups -OCH3 is 6. The van der Waals surface area contributed by atoms with E-state index in [0.717, 1.165) is 0 Å². The molecule has 2 rings (SSSR count). The molecule has 0 aliphatic carbocycles. The summed E-state index contributed by atoms with van der Waals surface area (Å²) in [6.07, 6.45) is 0. The van der Waals surface area contributed by atoms with Crippen molar-refractivity contribution in [2.45, 2.75) is 5.92 Å². The molecule has 0 spiro atoms. The lowest BCUT2D eigenvalue weighted by atomic mass is 9.91. The van der Waals surface area contributed by atoms with E-state index in [2.05, 4.69) is 0 Å². The highest BCUT2D eigenvalue weighted by atomic mass is 16.5. The van der Waals surface area contributed by atoms with E-state index in [1.54, 1.807) is 12.1 Å². The molecule has 0 fully saturated rings. The SMILES string of the molecule is COc1cc(C(=O)C(C#N)c2cc(OC)c(OC)c(OC)c2)cc(OC)c1OC. The van der Waals surface area contributed by atoms with Crippen molar-refractivity contribution in [3.8, 4) is 40.6 Å². The number of rotatable bonds is 9. The Labute approximate surface area is 169 Å². The maximum Gasteiger partial charge on any atom is 0.203 e. The Hall–Kier alpha value is -3.60. The monoisotopic (exact) mass is 401 g/mol. The van der Waals surface area contributed by atoms with E-state index in [9.17, 15) is 10.1 Å². The molecule has 0 saturated carbocycles. The number of hydrogen-bond donors (Lipinski definition) is 0. The molecule has 0 amide bonds. The predicted octanol–water partition coefficient (Wildman–Crippen LogP) is 3.23. The van der Waals surface area contributed by atoms with E-state index in [4.69, 9.17) is 28.4 Å². The van der Waals surface area contributed by atoms with Crippen LogP contribution in [0.4, 0.5) is 0 Å². The second-order valence-electron chi connectivity index (χ2n) is 5.80. The Morgan fingerprint density at radius 2 is 1.10 bits per heavy atom. The third-order valence-electron chi connectivity index (χ3n) is 4.36. The van der Waals surface area contributed by atoms with Gasteiger partial charge in [-0.2, -0.15) is 5.26 Å². The predicted molar refractivity (Wildman–Crippen MR) is 105 cm³/mol. The first kappa shape index (κ1) is 21.7. The average molecular weight is 401 g/mol. The summed E-state index contributed by atoms with van der Waals surface area (Å²) in [5.41, 5.74) is 0.639. The molecule has 0 saturated heterocycles. The van der Waals surface area contributed by atoms with Gasteiger partial charge in [-0.25, -0.2) is 0 Å². The smallest absolute Gasteiger partial charge is 0.203 e. The van der Waals surface area contributed by atoms with Crippen molar-refractivity contribution in [3.05, 3.63) is 35.4 Å². The van der Waals surface area contributed by atoms with E-state index >= 15 is 0 Å². The number of carbonyl (C=O) groups is 1. The first-order valence-corrected chi connectivity index (χ1v) is 8.53. The van der Waals surface area contributed by atoms with Gasteiger partial charge in [0.15, 0.2) is 28.8 Å². The molecule has 0 aliphatic heterocycles. The van der Waals surface area contributed by atoms with Crippen molar-refractivity contribution in [1.29, 1.82) is 5.26 Å². The molecule has 0 aromatic heterocycles. The highest BCUT2D eigenvalue weighted by Gasteiger charge is 2.27. The summed E-state index contributed by atoms with van der Waals surface area (Å²) < 4.78 is 31.8. The fourth-order valence-electron chi connectivity index (χ4n) is 2.94. The lowest BCUT2D eigenvalue weighted by molar-refractivity contribution is 0.0978. The van der Waals surface area contributed by atoms with Crippen LogP contribution in [0.3, 0.4) is 0 Å². The molecule has 8 nitrogen and oxygen atoms in total. The van der Waals surface area contributed by atoms with E-state index < -0.39 is 11.7 Å². The third kappa shape index (κ3) is 4.14. The van der Waals surface area contributed by atoms with Crippen molar-refractivity contribution in [2.24, 2.45) is 0 Å². The van der Waals surface area contributed by atoms with Gasteiger partial charge in [0.05, 0.1) is 48.7 Å². The summed E-state index contributed by atoms with van der Waals surface area (Å²) in [5.74, 6) is 0.490. The second kappa shape index (κ2) is 9.55. The Kier molecular flexibility index (Phi) is 7.15. The zero-order chi connectivity index (χ0) is 21.6. The molecular weight excluding hydrogens is 378 g/mol. The Bertz CT molecular complexity index is 883. The molecule has 2 aromatic rings. The number of benzene rings is 2. The van der Waals surface area contributed by atoms with Crippen molar-refractivity contribution in [2.75, 3.05) is 42.7 Å². The van der Waals surface area contributed by atoms with Gasteiger partial charge < -0.3 is 28.4 Å². The number of carbonyl (C=O) groups excluding carboxylic acids is 1. The van der Waals surface area contributed by atoms with Crippen LogP contribution in [0.2, 0.25) is 0 Å². The van der Waals surface area contributed by atoms with Crippen LogP contribution in [0.1, 0.15) is 21.8 Å². The van der Waals surface area contributed by atoms with Crippen LogP contribution in [0.5, 0.6) is 34.5 Å². The molecule has 1 unspecified atom stereocenters. The Morgan fingerprint density at radius 3 is 1.41 bits per heavy atom. The van der Waals surface area contributed by atoms with Crippen molar-refractivity contribution >= 4 is 5.78 Å².